The van der Waals surface area contributed by atoms with E-state index in [0.29, 0.717) is 6.54 Å². The minimum absolute atomic E-state index is 0.0329. The maximum absolute atomic E-state index is 13.1. The lowest BCUT2D eigenvalue weighted by Gasteiger charge is -2.24. The number of nitrogens with zero attached hydrogens (tertiary/aromatic N) is 1. The number of nitrogens with one attached hydrogen (secondary N) is 1. The van der Waals surface area contributed by atoms with Crippen molar-refractivity contribution < 1.29 is 13.6 Å². The Morgan fingerprint density at radius 2 is 2.05 bits per heavy atom. The van der Waals surface area contributed by atoms with Crippen LogP contribution in [-0.4, -0.2) is 31.4 Å². The predicted molar refractivity (Wildman–Crippen MR) is 79.4 cm³/mol. The van der Waals surface area contributed by atoms with E-state index in [9.17, 15) is 13.6 Å². The molecule has 6 heteroatoms. The van der Waals surface area contributed by atoms with Gasteiger partial charge in [-0.3, -0.25) is 4.79 Å². The van der Waals surface area contributed by atoms with Gasteiger partial charge >= 0.3 is 0 Å². The molecule has 1 atom stereocenters. The quantitative estimate of drug-likeness (QED) is 0.920. The first kappa shape index (κ1) is 15.6. The van der Waals surface area contributed by atoms with Gasteiger partial charge in [0.2, 0.25) is 0 Å². The highest BCUT2D eigenvalue weighted by molar-refractivity contribution is 7.07. The van der Waals surface area contributed by atoms with E-state index in [1.807, 2.05) is 35.8 Å². The van der Waals surface area contributed by atoms with Crippen molar-refractivity contribution in [3.63, 3.8) is 0 Å². The molecule has 1 N–H and O–H groups in total. The van der Waals surface area contributed by atoms with Crippen molar-refractivity contribution in [2.75, 3.05) is 20.6 Å². The molecule has 2 aromatic rings. The second-order valence-electron chi connectivity index (χ2n) is 4.88. The van der Waals surface area contributed by atoms with Crippen LogP contribution in [0.15, 0.2) is 35.0 Å². The summed E-state index contributed by atoms with van der Waals surface area (Å²) in [5, 5.41) is 6.75. The van der Waals surface area contributed by atoms with Gasteiger partial charge in [0.05, 0.1) is 6.04 Å². The second-order valence-corrected chi connectivity index (χ2v) is 5.66. The Hall–Kier alpha value is -1.79. The zero-order valence-corrected chi connectivity index (χ0v) is 12.6. The van der Waals surface area contributed by atoms with Crippen molar-refractivity contribution in [1.29, 1.82) is 0 Å². The van der Waals surface area contributed by atoms with Gasteiger partial charge in [-0.05, 0) is 54.7 Å². The SMILES string of the molecule is CN(C)[C@@H](CNC(=O)c1ccc(F)c(F)c1)c1ccsc1. The fourth-order valence-electron chi connectivity index (χ4n) is 1.99. The Morgan fingerprint density at radius 3 is 2.62 bits per heavy atom. The number of hydrogen-bond acceptors (Lipinski definition) is 3. The van der Waals surface area contributed by atoms with E-state index < -0.39 is 17.5 Å². The lowest BCUT2D eigenvalue weighted by Crippen LogP contribution is -2.34. The van der Waals surface area contributed by atoms with Crippen molar-refractivity contribution in [2.45, 2.75) is 6.04 Å². The van der Waals surface area contributed by atoms with Crippen LogP contribution < -0.4 is 5.32 Å². The molecule has 0 unspecified atom stereocenters. The van der Waals surface area contributed by atoms with Crippen LogP contribution in [0, 0.1) is 11.6 Å². The molecule has 1 aromatic heterocycles. The molecule has 0 saturated carbocycles. The summed E-state index contributed by atoms with van der Waals surface area (Å²) in [6.45, 7) is 0.390. The Morgan fingerprint density at radius 1 is 1.29 bits per heavy atom. The second kappa shape index (κ2) is 6.78. The van der Waals surface area contributed by atoms with Gasteiger partial charge in [-0.15, -0.1) is 0 Å². The molecule has 0 aliphatic carbocycles. The fraction of sp³-hybridized carbons (Fsp3) is 0.267. The van der Waals surface area contributed by atoms with Gasteiger partial charge in [0.25, 0.3) is 5.91 Å². The highest BCUT2D eigenvalue weighted by Gasteiger charge is 2.16. The lowest BCUT2D eigenvalue weighted by molar-refractivity contribution is 0.0941. The highest BCUT2D eigenvalue weighted by Crippen LogP contribution is 2.20. The van der Waals surface area contributed by atoms with Gasteiger partial charge in [-0.2, -0.15) is 11.3 Å². The molecule has 3 nitrogen and oxygen atoms in total. The molecule has 1 aromatic carbocycles. The van der Waals surface area contributed by atoms with Crippen molar-refractivity contribution in [1.82, 2.24) is 10.2 Å². The standard InChI is InChI=1S/C15H16F2N2OS/c1-19(2)14(11-5-6-21-9-11)8-18-15(20)10-3-4-12(16)13(17)7-10/h3-7,9,14H,8H2,1-2H3,(H,18,20)/t14-/m0/s1. The number of rotatable bonds is 5. The molecule has 2 rings (SSSR count). The normalized spacial score (nSPS) is 12.4. The maximum atomic E-state index is 13.1. The molecule has 1 amide bonds. The summed E-state index contributed by atoms with van der Waals surface area (Å²) in [5.74, 6) is -2.41. The van der Waals surface area contributed by atoms with E-state index in [1.54, 1.807) is 11.3 Å². The van der Waals surface area contributed by atoms with Gasteiger partial charge in [-0.1, -0.05) is 0 Å². The highest BCUT2D eigenvalue weighted by atomic mass is 32.1. The molecule has 0 aliphatic rings. The van der Waals surface area contributed by atoms with E-state index in [4.69, 9.17) is 0 Å². The molecule has 112 valence electrons. The zero-order valence-electron chi connectivity index (χ0n) is 11.8. The average Bonchev–Trinajstić information content (AvgIpc) is 2.95. The van der Waals surface area contributed by atoms with Crippen LogP contribution in [0.1, 0.15) is 22.0 Å². The monoisotopic (exact) mass is 310 g/mol. The van der Waals surface area contributed by atoms with Crippen LogP contribution in [-0.2, 0) is 0 Å². The summed E-state index contributed by atoms with van der Waals surface area (Å²) >= 11 is 1.59. The van der Waals surface area contributed by atoms with Crippen LogP contribution in [0.4, 0.5) is 8.78 Å². The first-order chi connectivity index (χ1) is 9.99. The van der Waals surface area contributed by atoms with Gasteiger partial charge in [-0.25, -0.2) is 8.78 Å². The number of likely N-dealkylation sites (N-methyl/N-ethyl adjacent to an activating group) is 1. The summed E-state index contributed by atoms with van der Waals surface area (Å²) in [5.41, 5.74) is 1.22. The number of thiophene rings is 1. The van der Waals surface area contributed by atoms with Gasteiger partial charge in [0, 0.05) is 12.1 Å². The van der Waals surface area contributed by atoms with Gasteiger partial charge in [0.15, 0.2) is 11.6 Å². The van der Waals surface area contributed by atoms with E-state index in [-0.39, 0.29) is 11.6 Å². The van der Waals surface area contributed by atoms with E-state index >= 15 is 0 Å². The number of benzene rings is 1. The summed E-state index contributed by atoms with van der Waals surface area (Å²) in [6, 6.07) is 5.15. The van der Waals surface area contributed by atoms with Crippen molar-refractivity contribution in [3.8, 4) is 0 Å². The van der Waals surface area contributed by atoms with Crippen molar-refractivity contribution in [3.05, 3.63) is 57.8 Å². The topological polar surface area (TPSA) is 32.3 Å². The minimum Gasteiger partial charge on any atom is -0.350 e. The van der Waals surface area contributed by atoms with Gasteiger partial charge < -0.3 is 10.2 Å². The van der Waals surface area contributed by atoms with Gasteiger partial charge in [0.1, 0.15) is 0 Å². The third-order valence-corrected chi connectivity index (χ3v) is 3.89. The first-order valence-corrected chi connectivity index (χ1v) is 7.35. The summed E-state index contributed by atoms with van der Waals surface area (Å²) < 4.78 is 26.0. The molecule has 1 heterocycles. The Balaban J connectivity index is 2.03. The average molecular weight is 310 g/mol. The lowest BCUT2D eigenvalue weighted by atomic mass is 10.1. The molecule has 0 spiro atoms. The largest absolute Gasteiger partial charge is 0.350 e. The van der Waals surface area contributed by atoms with Crippen molar-refractivity contribution in [2.24, 2.45) is 0 Å². The molecular weight excluding hydrogens is 294 g/mol. The number of carbonyl (C=O) groups is 1. The molecule has 21 heavy (non-hydrogen) atoms. The summed E-state index contributed by atoms with van der Waals surface area (Å²) in [7, 11) is 3.85. The van der Waals surface area contributed by atoms with E-state index in [0.717, 1.165) is 17.7 Å². The van der Waals surface area contributed by atoms with Crippen LogP contribution in [0.3, 0.4) is 0 Å². The smallest absolute Gasteiger partial charge is 0.251 e. The number of carbonyl (C=O) groups excluding carboxylic acids is 1. The maximum Gasteiger partial charge on any atom is 0.251 e. The first-order valence-electron chi connectivity index (χ1n) is 6.41. The Labute approximate surface area is 126 Å². The molecular formula is C15H16F2N2OS. The third-order valence-electron chi connectivity index (χ3n) is 3.19. The number of amides is 1. The third kappa shape index (κ3) is 3.86. The van der Waals surface area contributed by atoms with Crippen LogP contribution in [0.2, 0.25) is 0 Å². The molecule has 0 fully saturated rings. The Bertz CT molecular complexity index is 614. The van der Waals surface area contributed by atoms with E-state index in [2.05, 4.69) is 5.32 Å². The Kier molecular flexibility index (Phi) is 5.03. The summed E-state index contributed by atoms with van der Waals surface area (Å²) in [6.07, 6.45) is 0. The fourth-order valence-corrected chi connectivity index (χ4v) is 2.70. The van der Waals surface area contributed by atoms with Crippen LogP contribution in [0.5, 0.6) is 0 Å². The van der Waals surface area contributed by atoms with Crippen LogP contribution in [0.25, 0.3) is 0 Å². The predicted octanol–water partition coefficient (Wildman–Crippen LogP) is 3.06. The molecule has 0 saturated heterocycles. The van der Waals surface area contributed by atoms with Crippen LogP contribution >= 0.6 is 11.3 Å². The zero-order chi connectivity index (χ0) is 15.4. The number of hydrogen-bond donors (Lipinski definition) is 1. The summed E-state index contributed by atoms with van der Waals surface area (Å²) in [4.78, 5) is 14.0. The number of halogens is 2. The minimum atomic E-state index is -1.02. The van der Waals surface area contributed by atoms with E-state index in [1.165, 1.54) is 6.07 Å². The van der Waals surface area contributed by atoms with Crippen molar-refractivity contribution >= 4 is 17.2 Å². The molecule has 0 bridgehead atoms. The molecule has 0 radical (unpaired) electrons. The molecule has 0 aliphatic heterocycles.